The molecule has 9 nitrogen and oxygen atoms in total. The fourth-order valence-corrected chi connectivity index (χ4v) is 0. The molecule has 26 heavy (non-hydrogen) atoms. The summed E-state index contributed by atoms with van der Waals surface area (Å²) in [5.74, 6) is 0. The molecular formula is C3F9O9S3Sc2+3. The van der Waals surface area contributed by atoms with E-state index in [2.05, 4.69) is 0 Å². The summed E-state index contributed by atoms with van der Waals surface area (Å²) in [5, 5.41) is 0. The molecule has 23 heteroatoms. The van der Waals surface area contributed by atoms with Crippen LogP contribution in [0.4, 0.5) is 39.5 Å². The van der Waals surface area contributed by atoms with Crippen LogP contribution in [-0.4, -0.2) is 55.4 Å². The van der Waals surface area contributed by atoms with Gasteiger partial charge in [0.1, 0.15) is 0 Å². The average Bonchev–Trinajstić information content (AvgIpc) is 2.08. The minimum atomic E-state index is -6.09. The van der Waals surface area contributed by atoms with E-state index in [0.29, 0.717) is 0 Å². The van der Waals surface area contributed by atoms with E-state index >= 15 is 0 Å². The minimum Gasteiger partial charge on any atom is -0.741 e. The second kappa shape index (κ2) is 11.7. The van der Waals surface area contributed by atoms with Gasteiger partial charge in [0.05, 0.1) is 0 Å². The summed E-state index contributed by atoms with van der Waals surface area (Å²) in [5.41, 5.74) is -16.9. The maximum Gasteiger partial charge on any atom is 3.00 e. The van der Waals surface area contributed by atoms with E-state index in [-0.39, 0.29) is 51.7 Å². The molecule has 0 spiro atoms. The van der Waals surface area contributed by atoms with E-state index in [1.54, 1.807) is 0 Å². The number of alkyl halides is 9. The zero-order valence-corrected chi connectivity index (χ0v) is 17.0. The molecular weight excluding hydrogens is 537 g/mol. The Morgan fingerprint density at radius 1 is 0.423 bits per heavy atom. The van der Waals surface area contributed by atoms with Crippen LogP contribution >= 0.6 is 0 Å². The second-order valence-electron chi connectivity index (χ2n) is 2.70. The first kappa shape index (κ1) is 37.6. The summed E-state index contributed by atoms with van der Waals surface area (Å²) < 4.78 is 177. The molecule has 0 aromatic rings. The monoisotopic (exact) mass is 537 g/mol. The Hall–Kier alpha value is 0.840. The molecule has 150 valence electrons. The topological polar surface area (TPSA) is 172 Å². The zero-order chi connectivity index (χ0) is 21.0. The molecule has 0 bridgehead atoms. The Balaban J connectivity index is -0.0000000817. The third-order valence-corrected chi connectivity index (χ3v) is 2.55. The van der Waals surface area contributed by atoms with Crippen molar-refractivity contribution in [3.05, 3.63) is 0 Å². The quantitative estimate of drug-likeness (QED) is 0.237. The standard InChI is InChI=1S/3CHF3O3S.2Sc/c3*2-1(3,4)8(5,6)7;;/h3*(H,5,6,7);;/q;;;2*+3/p-3. The van der Waals surface area contributed by atoms with Crippen molar-refractivity contribution in [2.75, 3.05) is 0 Å². The van der Waals surface area contributed by atoms with Crippen LogP contribution in [-0.2, 0) is 82.0 Å². The van der Waals surface area contributed by atoms with Gasteiger partial charge in [0.25, 0.3) is 0 Å². The maximum atomic E-state index is 10.7. The average molecular weight is 537 g/mol. The number of halogens is 9. The van der Waals surface area contributed by atoms with E-state index < -0.39 is 46.9 Å². The Morgan fingerprint density at radius 3 is 0.462 bits per heavy atom. The predicted molar refractivity (Wildman–Crippen MR) is 47.3 cm³/mol. The third-order valence-electron chi connectivity index (χ3n) is 0.850. The van der Waals surface area contributed by atoms with Gasteiger partial charge in [-0.15, -0.1) is 0 Å². The zero-order valence-electron chi connectivity index (χ0n) is 11.0. The Bertz CT molecular complexity index is 600. The van der Waals surface area contributed by atoms with Crippen LogP contribution in [0.1, 0.15) is 0 Å². The van der Waals surface area contributed by atoms with Gasteiger partial charge in [-0.25, -0.2) is 25.3 Å². The summed E-state index contributed by atoms with van der Waals surface area (Å²) in [4.78, 5) is 0. The van der Waals surface area contributed by atoms with Crippen LogP contribution in [0.25, 0.3) is 0 Å². The van der Waals surface area contributed by atoms with Crippen molar-refractivity contribution in [3.63, 3.8) is 0 Å². The van der Waals surface area contributed by atoms with Crippen LogP contribution < -0.4 is 0 Å². The van der Waals surface area contributed by atoms with Crippen molar-refractivity contribution in [1.29, 1.82) is 0 Å². The van der Waals surface area contributed by atoms with E-state index in [9.17, 15) is 39.5 Å². The van der Waals surface area contributed by atoms with Crippen molar-refractivity contribution in [3.8, 4) is 0 Å². The van der Waals surface area contributed by atoms with Crippen molar-refractivity contribution in [2.24, 2.45) is 0 Å². The van der Waals surface area contributed by atoms with Gasteiger partial charge in [-0.2, -0.15) is 39.5 Å². The smallest absolute Gasteiger partial charge is 0.741 e. The molecule has 0 aromatic heterocycles. The van der Waals surface area contributed by atoms with Crippen molar-refractivity contribution in [1.82, 2.24) is 0 Å². The summed E-state index contributed by atoms with van der Waals surface area (Å²) in [7, 11) is -18.3. The fourth-order valence-electron chi connectivity index (χ4n) is 0. The van der Waals surface area contributed by atoms with E-state index in [0.717, 1.165) is 0 Å². The predicted octanol–water partition coefficient (Wildman–Crippen LogP) is 0.149. The molecule has 0 aliphatic heterocycles. The second-order valence-corrected chi connectivity index (χ2v) is 6.81. The van der Waals surface area contributed by atoms with Crippen molar-refractivity contribution in [2.45, 2.75) is 16.5 Å². The van der Waals surface area contributed by atoms with Gasteiger partial charge in [0.15, 0.2) is 30.4 Å². The summed E-state index contributed by atoms with van der Waals surface area (Å²) >= 11 is 0. The van der Waals surface area contributed by atoms with Gasteiger partial charge < -0.3 is 13.7 Å². The fraction of sp³-hybridized carbons (Fsp3) is 1.00. The molecule has 0 unspecified atom stereocenters. The SMILES string of the molecule is O=S(=O)([O-])C(F)(F)F.O=S(=O)([O-])C(F)(F)F.O=S(=O)([O-])C(F)(F)F.[Sc+3].[Sc+3]. The molecule has 0 rings (SSSR count). The van der Waals surface area contributed by atoms with Crippen molar-refractivity contribution < 1.29 is 130 Å². The third kappa shape index (κ3) is 18.2. The number of hydrogen-bond donors (Lipinski definition) is 0. The largest absolute Gasteiger partial charge is 3.00 e. The van der Waals surface area contributed by atoms with E-state index in [1.165, 1.54) is 0 Å². The van der Waals surface area contributed by atoms with Gasteiger partial charge in [-0.05, 0) is 0 Å². The van der Waals surface area contributed by atoms with Crippen LogP contribution in [0, 0.1) is 0 Å². The first-order chi connectivity index (χ1) is 9.75. The van der Waals surface area contributed by atoms with Gasteiger partial charge >= 0.3 is 68.2 Å². The molecule has 0 saturated heterocycles. The first-order valence-electron chi connectivity index (χ1n) is 3.81. The van der Waals surface area contributed by atoms with Crippen LogP contribution in [0.3, 0.4) is 0 Å². The summed E-state index contributed by atoms with van der Waals surface area (Å²) in [6.45, 7) is 0. The molecule has 0 aliphatic rings. The molecule has 0 fully saturated rings. The van der Waals surface area contributed by atoms with Gasteiger partial charge in [-0.3, -0.25) is 0 Å². The van der Waals surface area contributed by atoms with E-state index in [1.807, 2.05) is 0 Å². The van der Waals surface area contributed by atoms with Crippen LogP contribution in [0.5, 0.6) is 0 Å². The first-order valence-corrected chi connectivity index (χ1v) is 8.04. The van der Waals surface area contributed by atoms with Gasteiger partial charge in [-0.1, -0.05) is 0 Å². The Kier molecular flexibility index (Phi) is 17.0. The van der Waals surface area contributed by atoms with E-state index in [4.69, 9.17) is 38.9 Å². The Morgan fingerprint density at radius 2 is 0.462 bits per heavy atom. The molecule has 0 amide bonds. The Labute approximate surface area is 176 Å². The van der Waals surface area contributed by atoms with Gasteiger partial charge in [0, 0.05) is 0 Å². The number of rotatable bonds is 0. The molecule has 0 atom stereocenters. The minimum absolute atomic E-state index is 0. The van der Waals surface area contributed by atoms with Crippen LogP contribution in [0.2, 0.25) is 0 Å². The molecule has 0 radical (unpaired) electrons. The van der Waals surface area contributed by atoms with Crippen LogP contribution in [0.15, 0.2) is 0 Å². The molecule has 0 aliphatic carbocycles. The molecule has 0 aromatic carbocycles. The normalized spacial score (nSPS) is 12.9. The number of hydrogen-bond acceptors (Lipinski definition) is 9. The molecule has 0 N–H and O–H groups in total. The molecule has 0 heterocycles. The summed E-state index contributed by atoms with van der Waals surface area (Å²) in [6, 6.07) is 0. The molecule has 0 saturated carbocycles. The van der Waals surface area contributed by atoms with Crippen molar-refractivity contribution >= 4 is 30.4 Å². The maximum absolute atomic E-state index is 10.7. The summed E-state index contributed by atoms with van der Waals surface area (Å²) in [6.07, 6.45) is 0. The van der Waals surface area contributed by atoms with Gasteiger partial charge in [0.2, 0.25) is 0 Å².